The second-order valence-corrected chi connectivity index (χ2v) is 5.83. The Hall–Kier alpha value is -1.95. The van der Waals surface area contributed by atoms with Gasteiger partial charge in [0.25, 0.3) is 0 Å². The lowest BCUT2D eigenvalue weighted by Gasteiger charge is -2.16. The number of halogens is 1. The Labute approximate surface area is 130 Å². The normalized spacial score (nSPS) is 18.1. The zero-order valence-corrected chi connectivity index (χ0v) is 13.0. The molecule has 0 bridgehead atoms. The summed E-state index contributed by atoms with van der Waals surface area (Å²) >= 11 is 0. The van der Waals surface area contributed by atoms with E-state index < -0.39 is 0 Å². The van der Waals surface area contributed by atoms with Gasteiger partial charge in [0.15, 0.2) is 0 Å². The summed E-state index contributed by atoms with van der Waals surface area (Å²) in [7, 11) is 3.97. The van der Waals surface area contributed by atoms with Crippen molar-refractivity contribution in [1.29, 1.82) is 0 Å². The molecule has 0 aromatic heterocycles. The first-order chi connectivity index (χ1) is 10.5. The Balaban J connectivity index is 1.86. The smallest absolute Gasteiger partial charge is 0.227 e. The van der Waals surface area contributed by atoms with Gasteiger partial charge in [-0.1, -0.05) is 0 Å². The third-order valence-electron chi connectivity index (χ3n) is 3.72. The van der Waals surface area contributed by atoms with Crippen molar-refractivity contribution in [1.82, 2.24) is 10.2 Å². The van der Waals surface area contributed by atoms with Gasteiger partial charge in [0.05, 0.1) is 5.92 Å². The van der Waals surface area contributed by atoms with Crippen molar-refractivity contribution in [2.24, 2.45) is 5.92 Å². The number of anilines is 1. The minimum Gasteiger partial charge on any atom is -0.356 e. The SMILES string of the molecule is CN(C)CCCNC(=O)[C@@H]1CC(=O)N(c2ccc(F)cc2)C1. The summed E-state index contributed by atoms with van der Waals surface area (Å²) in [6, 6.07) is 5.75. The van der Waals surface area contributed by atoms with E-state index in [4.69, 9.17) is 0 Å². The zero-order valence-electron chi connectivity index (χ0n) is 13.0. The molecule has 5 nitrogen and oxygen atoms in total. The van der Waals surface area contributed by atoms with Gasteiger partial charge in [-0.05, 0) is 51.3 Å². The van der Waals surface area contributed by atoms with E-state index >= 15 is 0 Å². The molecule has 0 aliphatic carbocycles. The molecule has 0 spiro atoms. The van der Waals surface area contributed by atoms with Crippen LogP contribution in [0.3, 0.4) is 0 Å². The Bertz CT molecular complexity index is 531. The first-order valence-electron chi connectivity index (χ1n) is 7.45. The van der Waals surface area contributed by atoms with Crippen LogP contribution in [0.25, 0.3) is 0 Å². The molecule has 2 amide bonds. The van der Waals surface area contributed by atoms with Gasteiger partial charge < -0.3 is 15.1 Å². The highest BCUT2D eigenvalue weighted by molar-refractivity contribution is 6.00. The third kappa shape index (κ3) is 4.27. The van der Waals surface area contributed by atoms with E-state index in [-0.39, 0.29) is 30.0 Å². The van der Waals surface area contributed by atoms with Gasteiger partial charge in [-0.2, -0.15) is 0 Å². The van der Waals surface area contributed by atoms with E-state index in [9.17, 15) is 14.0 Å². The molecule has 1 aromatic rings. The maximum Gasteiger partial charge on any atom is 0.227 e. The number of nitrogens with one attached hydrogen (secondary N) is 1. The topological polar surface area (TPSA) is 52.7 Å². The molecular weight excluding hydrogens is 285 g/mol. The largest absolute Gasteiger partial charge is 0.356 e. The minimum absolute atomic E-state index is 0.0864. The number of rotatable bonds is 6. The summed E-state index contributed by atoms with van der Waals surface area (Å²) in [5, 5.41) is 2.88. The molecule has 1 fully saturated rings. The molecule has 1 heterocycles. The van der Waals surface area contributed by atoms with E-state index in [1.165, 1.54) is 12.1 Å². The van der Waals surface area contributed by atoms with Crippen LogP contribution >= 0.6 is 0 Å². The number of benzene rings is 1. The number of amides is 2. The molecule has 0 radical (unpaired) electrons. The van der Waals surface area contributed by atoms with Crippen molar-refractivity contribution in [2.45, 2.75) is 12.8 Å². The Morgan fingerprint density at radius 2 is 2.05 bits per heavy atom. The average Bonchev–Trinajstić information content (AvgIpc) is 2.86. The fraction of sp³-hybridized carbons (Fsp3) is 0.500. The predicted molar refractivity (Wildman–Crippen MR) is 83.0 cm³/mol. The van der Waals surface area contributed by atoms with Crippen LogP contribution in [0.5, 0.6) is 0 Å². The van der Waals surface area contributed by atoms with E-state index in [0.717, 1.165) is 13.0 Å². The fourth-order valence-electron chi connectivity index (χ4n) is 2.50. The Kier molecular flexibility index (Phi) is 5.49. The number of nitrogens with zero attached hydrogens (tertiary/aromatic N) is 2. The monoisotopic (exact) mass is 307 g/mol. The third-order valence-corrected chi connectivity index (χ3v) is 3.72. The highest BCUT2D eigenvalue weighted by atomic mass is 19.1. The highest BCUT2D eigenvalue weighted by Crippen LogP contribution is 2.25. The maximum atomic E-state index is 12.9. The second-order valence-electron chi connectivity index (χ2n) is 5.83. The summed E-state index contributed by atoms with van der Waals surface area (Å²) in [5.41, 5.74) is 0.634. The van der Waals surface area contributed by atoms with Gasteiger partial charge in [0, 0.05) is 25.2 Å². The van der Waals surface area contributed by atoms with Crippen molar-refractivity contribution in [2.75, 3.05) is 38.6 Å². The van der Waals surface area contributed by atoms with Crippen LogP contribution in [0, 0.1) is 11.7 Å². The van der Waals surface area contributed by atoms with Crippen molar-refractivity contribution < 1.29 is 14.0 Å². The van der Waals surface area contributed by atoms with Crippen LogP contribution in [-0.4, -0.2) is 50.4 Å². The molecule has 1 saturated heterocycles. The zero-order chi connectivity index (χ0) is 16.1. The van der Waals surface area contributed by atoms with Crippen molar-refractivity contribution >= 4 is 17.5 Å². The van der Waals surface area contributed by atoms with Gasteiger partial charge in [0.1, 0.15) is 5.82 Å². The maximum absolute atomic E-state index is 12.9. The van der Waals surface area contributed by atoms with Crippen molar-refractivity contribution in [3.63, 3.8) is 0 Å². The lowest BCUT2D eigenvalue weighted by molar-refractivity contribution is -0.126. The highest BCUT2D eigenvalue weighted by Gasteiger charge is 2.34. The van der Waals surface area contributed by atoms with E-state index in [0.29, 0.717) is 18.8 Å². The first-order valence-corrected chi connectivity index (χ1v) is 7.45. The number of carbonyl (C=O) groups is 2. The summed E-state index contributed by atoms with van der Waals surface area (Å²) in [6.07, 6.45) is 1.08. The molecule has 1 aromatic carbocycles. The lowest BCUT2D eigenvalue weighted by Crippen LogP contribution is -2.34. The lowest BCUT2D eigenvalue weighted by atomic mass is 10.1. The predicted octanol–water partition coefficient (Wildman–Crippen LogP) is 1.25. The van der Waals surface area contributed by atoms with Gasteiger partial charge in [-0.3, -0.25) is 9.59 Å². The van der Waals surface area contributed by atoms with E-state index in [2.05, 4.69) is 10.2 Å². The molecule has 0 saturated carbocycles. The van der Waals surface area contributed by atoms with Gasteiger partial charge >= 0.3 is 0 Å². The second kappa shape index (κ2) is 7.35. The summed E-state index contributed by atoms with van der Waals surface area (Å²) < 4.78 is 12.9. The van der Waals surface area contributed by atoms with Gasteiger partial charge in [-0.25, -0.2) is 4.39 Å². The fourth-order valence-corrected chi connectivity index (χ4v) is 2.50. The quantitative estimate of drug-likeness (QED) is 0.805. The molecule has 1 atom stereocenters. The Morgan fingerprint density at radius 3 is 2.68 bits per heavy atom. The molecule has 6 heteroatoms. The first kappa shape index (κ1) is 16.4. The average molecular weight is 307 g/mol. The summed E-state index contributed by atoms with van der Waals surface area (Å²) in [5.74, 6) is -0.862. The van der Waals surface area contributed by atoms with Crippen LogP contribution in [0.2, 0.25) is 0 Å². The van der Waals surface area contributed by atoms with Crippen LogP contribution in [0.4, 0.5) is 10.1 Å². The minimum atomic E-state index is -0.342. The van der Waals surface area contributed by atoms with Gasteiger partial charge in [0.2, 0.25) is 11.8 Å². The molecule has 1 aliphatic rings. The van der Waals surface area contributed by atoms with Crippen LogP contribution in [0.1, 0.15) is 12.8 Å². The van der Waals surface area contributed by atoms with E-state index in [1.54, 1.807) is 17.0 Å². The van der Waals surface area contributed by atoms with Crippen LogP contribution in [-0.2, 0) is 9.59 Å². The van der Waals surface area contributed by atoms with Gasteiger partial charge in [-0.15, -0.1) is 0 Å². The summed E-state index contributed by atoms with van der Waals surface area (Å²) in [4.78, 5) is 27.7. The standard InChI is InChI=1S/C16H22FN3O2/c1-19(2)9-3-8-18-16(22)12-10-15(21)20(11-12)14-6-4-13(17)5-7-14/h4-7,12H,3,8-11H2,1-2H3,(H,18,22)/t12-/m1/s1. The van der Waals surface area contributed by atoms with E-state index in [1.807, 2.05) is 14.1 Å². The van der Waals surface area contributed by atoms with Crippen molar-refractivity contribution in [3.8, 4) is 0 Å². The Morgan fingerprint density at radius 1 is 1.36 bits per heavy atom. The molecule has 2 rings (SSSR count). The molecular formula is C16H22FN3O2. The molecule has 22 heavy (non-hydrogen) atoms. The number of carbonyl (C=O) groups excluding carboxylic acids is 2. The molecule has 0 unspecified atom stereocenters. The van der Waals surface area contributed by atoms with Crippen LogP contribution in [0.15, 0.2) is 24.3 Å². The van der Waals surface area contributed by atoms with Crippen molar-refractivity contribution in [3.05, 3.63) is 30.1 Å². The van der Waals surface area contributed by atoms with Crippen LogP contribution < -0.4 is 10.2 Å². The molecule has 1 aliphatic heterocycles. The molecule has 1 N–H and O–H groups in total. The number of hydrogen-bond donors (Lipinski definition) is 1. The number of hydrogen-bond acceptors (Lipinski definition) is 3. The molecule has 120 valence electrons. The summed E-state index contributed by atoms with van der Waals surface area (Å²) in [6.45, 7) is 1.87.